The maximum Gasteiger partial charge on any atom is 0.243 e. The molecule has 2 aliphatic rings. The lowest BCUT2D eigenvalue weighted by Crippen LogP contribution is -2.39. The summed E-state index contributed by atoms with van der Waals surface area (Å²) in [6.07, 6.45) is 5.78. The van der Waals surface area contributed by atoms with E-state index in [2.05, 4.69) is 30.7 Å². The second-order valence-corrected chi connectivity index (χ2v) is 9.31. The van der Waals surface area contributed by atoms with Crippen molar-refractivity contribution in [3.05, 3.63) is 40.9 Å². The number of piperidine rings is 1. The summed E-state index contributed by atoms with van der Waals surface area (Å²) in [4.78, 5) is 0.354. The molecule has 128 valence electrons. The Morgan fingerprint density at radius 1 is 1.04 bits per heavy atom. The van der Waals surface area contributed by atoms with Crippen molar-refractivity contribution < 1.29 is 8.42 Å². The summed E-state index contributed by atoms with van der Waals surface area (Å²) in [5, 5.41) is 8.31. The van der Waals surface area contributed by atoms with E-state index in [9.17, 15) is 8.42 Å². The minimum absolute atomic E-state index is 0.298. The molecule has 2 aromatic rings. The lowest BCUT2D eigenvalue weighted by atomic mass is 10.1. The van der Waals surface area contributed by atoms with Crippen LogP contribution in [0.1, 0.15) is 43.5 Å². The van der Waals surface area contributed by atoms with Gasteiger partial charge < -0.3 is 4.57 Å². The van der Waals surface area contributed by atoms with Crippen molar-refractivity contribution in [1.82, 2.24) is 19.1 Å². The number of aromatic nitrogens is 3. The zero-order chi connectivity index (χ0) is 16.7. The number of sulfonamides is 1. The van der Waals surface area contributed by atoms with Crippen molar-refractivity contribution in [2.75, 3.05) is 13.1 Å². The third kappa shape index (κ3) is 3.02. The first-order chi connectivity index (χ1) is 11.6. The van der Waals surface area contributed by atoms with Gasteiger partial charge in [0.1, 0.15) is 12.2 Å². The van der Waals surface area contributed by atoms with E-state index in [0.717, 1.165) is 23.1 Å². The molecular formula is C16H19BrN4O2S. The van der Waals surface area contributed by atoms with Crippen LogP contribution < -0.4 is 0 Å². The quantitative estimate of drug-likeness (QED) is 0.776. The highest BCUT2D eigenvalue weighted by Crippen LogP contribution is 2.40. The molecule has 1 saturated heterocycles. The molecule has 1 aliphatic heterocycles. The van der Waals surface area contributed by atoms with Gasteiger partial charge in [0.15, 0.2) is 0 Å². The van der Waals surface area contributed by atoms with Crippen LogP contribution in [0.2, 0.25) is 0 Å². The third-order valence-electron chi connectivity index (χ3n) is 4.81. The molecule has 8 heteroatoms. The van der Waals surface area contributed by atoms with Crippen LogP contribution in [0, 0.1) is 0 Å². The number of hydrogen-bond acceptors (Lipinski definition) is 4. The average Bonchev–Trinajstić information content (AvgIpc) is 3.32. The van der Waals surface area contributed by atoms with E-state index in [1.807, 2.05) is 0 Å². The van der Waals surface area contributed by atoms with Gasteiger partial charge >= 0.3 is 0 Å². The molecule has 4 rings (SSSR count). The lowest BCUT2D eigenvalue weighted by Gasteiger charge is -2.32. The number of halogens is 1. The molecule has 1 aromatic carbocycles. The average molecular weight is 411 g/mol. The highest BCUT2D eigenvalue weighted by molar-refractivity contribution is 9.10. The predicted molar refractivity (Wildman–Crippen MR) is 93.2 cm³/mol. The molecule has 2 fully saturated rings. The normalized spacial score (nSPS) is 20.4. The summed E-state index contributed by atoms with van der Waals surface area (Å²) in [6.45, 7) is 1.07. The summed E-state index contributed by atoms with van der Waals surface area (Å²) < 4.78 is 30.1. The Hall–Kier alpha value is -1.25. The second kappa shape index (κ2) is 6.24. The van der Waals surface area contributed by atoms with Gasteiger partial charge in [0.2, 0.25) is 10.0 Å². The third-order valence-corrected chi connectivity index (χ3v) is 7.25. The van der Waals surface area contributed by atoms with E-state index in [1.54, 1.807) is 34.9 Å². The number of hydrogen-bond donors (Lipinski definition) is 0. The molecule has 24 heavy (non-hydrogen) atoms. The van der Waals surface area contributed by atoms with Crippen LogP contribution in [0.3, 0.4) is 0 Å². The summed E-state index contributed by atoms with van der Waals surface area (Å²) in [5.41, 5.74) is 0. The molecule has 0 bridgehead atoms. The highest BCUT2D eigenvalue weighted by atomic mass is 79.9. The maximum absolute atomic E-state index is 12.8. The SMILES string of the molecule is O=S(=O)(c1ccc(Br)cc1)N1CCC(n2cnnc2C2CC2)CC1. The van der Waals surface area contributed by atoms with Gasteiger partial charge in [-0.15, -0.1) is 10.2 Å². The van der Waals surface area contributed by atoms with Gasteiger partial charge in [-0.3, -0.25) is 0 Å². The zero-order valence-electron chi connectivity index (χ0n) is 13.2. The maximum atomic E-state index is 12.8. The first-order valence-corrected chi connectivity index (χ1v) is 10.4. The first kappa shape index (κ1) is 16.2. The van der Waals surface area contributed by atoms with E-state index in [4.69, 9.17) is 0 Å². The van der Waals surface area contributed by atoms with Gasteiger partial charge in [0, 0.05) is 29.5 Å². The fourth-order valence-corrected chi connectivity index (χ4v) is 5.02. The standard InChI is InChI=1S/C16H19BrN4O2S/c17-13-3-5-15(6-4-13)24(22,23)20-9-7-14(8-10-20)21-11-18-19-16(21)12-1-2-12/h3-6,11-12,14H,1-2,7-10H2. The molecule has 1 aliphatic carbocycles. The van der Waals surface area contributed by atoms with Gasteiger partial charge in [-0.2, -0.15) is 4.31 Å². The topological polar surface area (TPSA) is 68.1 Å². The molecule has 1 aromatic heterocycles. The minimum atomic E-state index is -3.41. The molecule has 0 unspecified atom stereocenters. The fraction of sp³-hybridized carbons (Fsp3) is 0.500. The van der Waals surface area contributed by atoms with Gasteiger partial charge in [-0.05, 0) is 49.9 Å². The Morgan fingerprint density at radius 3 is 2.33 bits per heavy atom. The monoisotopic (exact) mass is 410 g/mol. The fourth-order valence-electron chi connectivity index (χ4n) is 3.28. The van der Waals surface area contributed by atoms with Gasteiger partial charge in [0.25, 0.3) is 0 Å². The van der Waals surface area contributed by atoms with E-state index >= 15 is 0 Å². The van der Waals surface area contributed by atoms with Crippen molar-refractivity contribution in [3.63, 3.8) is 0 Å². The van der Waals surface area contributed by atoms with Crippen LogP contribution in [0.25, 0.3) is 0 Å². The molecule has 6 nitrogen and oxygen atoms in total. The highest BCUT2D eigenvalue weighted by Gasteiger charge is 2.34. The largest absolute Gasteiger partial charge is 0.314 e. The lowest BCUT2D eigenvalue weighted by molar-refractivity contribution is 0.270. The predicted octanol–water partition coefficient (Wildman–Crippen LogP) is 2.94. The molecule has 2 heterocycles. The van der Waals surface area contributed by atoms with Crippen LogP contribution in [0.15, 0.2) is 40.0 Å². The van der Waals surface area contributed by atoms with Crippen molar-refractivity contribution in [2.45, 2.75) is 42.5 Å². The summed E-state index contributed by atoms with van der Waals surface area (Å²) in [6, 6.07) is 7.12. The molecule has 0 amide bonds. The molecule has 0 radical (unpaired) electrons. The van der Waals surface area contributed by atoms with Crippen LogP contribution in [0.4, 0.5) is 0 Å². The first-order valence-electron chi connectivity index (χ1n) is 8.21. The van der Waals surface area contributed by atoms with Crippen molar-refractivity contribution >= 4 is 26.0 Å². The van der Waals surface area contributed by atoms with Crippen molar-refractivity contribution in [2.24, 2.45) is 0 Å². The Morgan fingerprint density at radius 2 is 1.71 bits per heavy atom. The summed E-state index contributed by atoms with van der Waals surface area (Å²) >= 11 is 3.34. The van der Waals surface area contributed by atoms with Crippen molar-refractivity contribution in [3.8, 4) is 0 Å². The summed E-state index contributed by atoms with van der Waals surface area (Å²) in [7, 11) is -3.41. The molecule has 0 spiro atoms. The smallest absolute Gasteiger partial charge is 0.243 e. The number of nitrogens with zero attached hydrogens (tertiary/aromatic N) is 4. The Kier molecular flexibility index (Phi) is 4.22. The number of benzene rings is 1. The van der Waals surface area contributed by atoms with Gasteiger partial charge in [0.05, 0.1) is 4.90 Å². The van der Waals surface area contributed by atoms with Gasteiger partial charge in [-0.1, -0.05) is 15.9 Å². The Balaban J connectivity index is 1.47. The molecule has 0 N–H and O–H groups in total. The minimum Gasteiger partial charge on any atom is -0.314 e. The Labute approximate surface area is 150 Å². The van der Waals surface area contributed by atoms with Crippen LogP contribution in [-0.2, 0) is 10.0 Å². The molecule has 1 saturated carbocycles. The van der Waals surface area contributed by atoms with Crippen molar-refractivity contribution in [1.29, 1.82) is 0 Å². The van der Waals surface area contributed by atoms with E-state index in [1.165, 1.54) is 12.8 Å². The van der Waals surface area contributed by atoms with Crippen LogP contribution >= 0.6 is 15.9 Å². The molecular weight excluding hydrogens is 392 g/mol. The van der Waals surface area contributed by atoms with E-state index in [0.29, 0.717) is 29.9 Å². The second-order valence-electron chi connectivity index (χ2n) is 6.46. The van der Waals surface area contributed by atoms with Crippen LogP contribution in [0.5, 0.6) is 0 Å². The Bertz CT molecular complexity index is 822. The zero-order valence-corrected chi connectivity index (χ0v) is 15.6. The van der Waals surface area contributed by atoms with Gasteiger partial charge in [-0.25, -0.2) is 8.42 Å². The van der Waals surface area contributed by atoms with E-state index in [-0.39, 0.29) is 0 Å². The molecule has 0 atom stereocenters. The van der Waals surface area contributed by atoms with Crippen LogP contribution in [-0.4, -0.2) is 40.6 Å². The number of rotatable bonds is 4. The van der Waals surface area contributed by atoms with E-state index < -0.39 is 10.0 Å². The summed E-state index contributed by atoms with van der Waals surface area (Å²) in [5.74, 6) is 1.63.